The molecule has 0 amide bonds. The predicted octanol–water partition coefficient (Wildman–Crippen LogP) is 5.95. The molecule has 3 fully saturated rings. The van der Waals surface area contributed by atoms with Gasteiger partial charge in [0, 0.05) is 18.9 Å². The van der Waals surface area contributed by atoms with Crippen molar-refractivity contribution in [2.45, 2.75) is 85.0 Å². The maximum atomic E-state index is 12.3. The van der Waals surface area contributed by atoms with Crippen LogP contribution in [0.3, 0.4) is 0 Å². The molecular weight excluding hydrogens is 308 g/mol. The molecule has 0 radical (unpaired) electrons. The van der Waals surface area contributed by atoms with Crippen molar-refractivity contribution in [2.75, 3.05) is 13.2 Å². The van der Waals surface area contributed by atoms with Crippen LogP contribution in [0.15, 0.2) is 12.2 Å². The first-order chi connectivity index (χ1) is 11.9. The molecule has 0 heterocycles. The van der Waals surface area contributed by atoms with E-state index >= 15 is 0 Å². The molecule has 142 valence electrons. The number of carbonyl (C=O) groups excluding carboxylic acids is 1. The molecule has 4 atom stereocenters. The van der Waals surface area contributed by atoms with E-state index in [-0.39, 0.29) is 5.41 Å². The number of Topliss-reactive ketones (excluding diaryl/α,β-unsaturated/α-hetero) is 1. The Morgan fingerprint density at radius 1 is 1.16 bits per heavy atom. The Labute approximate surface area is 154 Å². The number of fused-ring (bicyclic) bond motifs is 1. The Morgan fingerprint density at radius 2 is 1.88 bits per heavy atom. The zero-order valence-electron chi connectivity index (χ0n) is 16.7. The zero-order valence-corrected chi connectivity index (χ0v) is 16.7. The van der Waals surface area contributed by atoms with Crippen molar-refractivity contribution in [2.24, 2.45) is 28.6 Å². The van der Waals surface area contributed by atoms with Gasteiger partial charge in [0.15, 0.2) is 0 Å². The normalized spacial score (nSPS) is 36.0. The molecule has 0 aromatic rings. The fraction of sp³-hybridized carbons (Fsp3) is 0.870. The Bertz CT molecular complexity index is 502. The third kappa shape index (κ3) is 3.75. The number of ether oxygens (including phenoxy) is 1. The third-order valence-electron chi connectivity index (χ3n) is 8.09. The standard InChI is InChI=1S/C23H38O2/c1-17(15-25-16-18(2)22(3)12-6-5-7-13-22)19-10-11-20-21(24)9-8-14-23(19,20)4/h17,19-20H,2,5-16H2,1,3-4H3/t17-,19-,20+,23-/m1/s1. The van der Waals surface area contributed by atoms with Crippen LogP contribution >= 0.6 is 0 Å². The van der Waals surface area contributed by atoms with Crippen LogP contribution in [0.4, 0.5) is 0 Å². The van der Waals surface area contributed by atoms with Crippen LogP contribution in [0.5, 0.6) is 0 Å². The van der Waals surface area contributed by atoms with Crippen LogP contribution < -0.4 is 0 Å². The number of ketones is 1. The van der Waals surface area contributed by atoms with Crippen molar-refractivity contribution >= 4 is 5.78 Å². The summed E-state index contributed by atoms with van der Waals surface area (Å²) in [6, 6.07) is 0. The van der Waals surface area contributed by atoms with Gasteiger partial charge in [-0.25, -0.2) is 0 Å². The van der Waals surface area contributed by atoms with E-state index in [1.165, 1.54) is 50.5 Å². The van der Waals surface area contributed by atoms with Crippen molar-refractivity contribution in [1.82, 2.24) is 0 Å². The van der Waals surface area contributed by atoms with Crippen LogP contribution in [-0.4, -0.2) is 19.0 Å². The molecule has 0 unspecified atom stereocenters. The molecule has 3 saturated carbocycles. The summed E-state index contributed by atoms with van der Waals surface area (Å²) < 4.78 is 6.16. The highest BCUT2D eigenvalue weighted by Crippen LogP contribution is 2.56. The third-order valence-corrected chi connectivity index (χ3v) is 8.09. The summed E-state index contributed by atoms with van der Waals surface area (Å²) in [6.45, 7) is 13.0. The van der Waals surface area contributed by atoms with Gasteiger partial charge in [0.2, 0.25) is 0 Å². The van der Waals surface area contributed by atoms with Gasteiger partial charge in [-0.3, -0.25) is 4.79 Å². The topological polar surface area (TPSA) is 26.3 Å². The number of rotatable bonds is 6. The molecule has 0 spiro atoms. The highest BCUT2D eigenvalue weighted by molar-refractivity contribution is 5.83. The highest BCUT2D eigenvalue weighted by Gasteiger charge is 2.52. The minimum Gasteiger partial charge on any atom is -0.377 e. The van der Waals surface area contributed by atoms with Crippen LogP contribution in [0, 0.1) is 28.6 Å². The van der Waals surface area contributed by atoms with Crippen LogP contribution in [-0.2, 0) is 9.53 Å². The van der Waals surface area contributed by atoms with Crippen molar-refractivity contribution in [3.8, 4) is 0 Å². The van der Waals surface area contributed by atoms with E-state index in [1.54, 1.807) is 0 Å². The van der Waals surface area contributed by atoms with Gasteiger partial charge in [0.1, 0.15) is 5.78 Å². The average Bonchev–Trinajstić information content (AvgIpc) is 2.94. The zero-order chi connectivity index (χ0) is 18.1. The summed E-state index contributed by atoms with van der Waals surface area (Å²) >= 11 is 0. The van der Waals surface area contributed by atoms with Crippen molar-refractivity contribution < 1.29 is 9.53 Å². The number of hydrogen-bond acceptors (Lipinski definition) is 2. The second kappa shape index (κ2) is 7.55. The molecule has 3 aliphatic carbocycles. The van der Waals surface area contributed by atoms with E-state index in [4.69, 9.17) is 4.74 Å². The van der Waals surface area contributed by atoms with Crippen molar-refractivity contribution in [3.05, 3.63) is 12.2 Å². The number of hydrogen-bond donors (Lipinski definition) is 0. The summed E-state index contributed by atoms with van der Waals surface area (Å²) in [5, 5.41) is 0. The Balaban J connectivity index is 1.50. The summed E-state index contributed by atoms with van der Waals surface area (Å²) in [7, 11) is 0. The largest absolute Gasteiger partial charge is 0.377 e. The van der Waals surface area contributed by atoms with Gasteiger partial charge in [-0.2, -0.15) is 0 Å². The highest BCUT2D eigenvalue weighted by atomic mass is 16.5. The second-order valence-electron chi connectivity index (χ2n) is 9.78. The first-order valence-corrected chi connectivity index (χ1v) is 10.7. The van der Waals surface area contributed by atoms with Gasteiger partial charge in [0.05, 0.1) is 6.61 Å². The van der Waals surface area contributed by atoms with E-state index in [2.05, 4.69) is 27.4 Å². The van der Waals surface area contributed by atoms with Crippen molar-refractivity contribution in [3.63, 3.8) is 0 Å². The quantitative estimate of drug-likeness (QED) is 0.555. The monoisotopic (exact) mass is 346 g/mol. The van der Waals surface area contributed by atoms with E-state index in [1.807, 2.05) is 0 Å². The van der Waals surface area contributed by atoms with Gasteiger partial charge in [0.25, 0.3) is 0 Å². The molecule has 2 nitrogen and oxygen atoms in total. The fourth-order valence-corrected chi connectivity index (χ4v) is 6.25. The van der Waals surface area contributed by atoms with Gasteiger partial charge in [-0.05, 0) is 66.8 Å². The fourth-order valence-electron chi connectivity index (χ4n) is 6.25. The summed E-state index contributed by atoms with van der Waals surface area (Å²) in [5.74, 6) is 2.03. The molecule has 0 aromatic carbocycles. The van der Waals surface area contributed by atoms with Crippen molar-refractivity contribution in [1.29, 1.82) is 0 Å². The molecular formula is C23H38O2. The van der Waals surface area contributed by atoms with Crippen LogP contribution in [0.2, 0.25) is 0 Å². The van der Waals surface area contributed by atoms with Crippen LogP contribution in [0.25, 0.3) is 0 Å². The molecule has 25 heavy (non-hydrogen) atoms. The Kier molecular flexibility index (Phi) is 5.78. The Hall–Kier alpha value is -0.630. The molecule has 2 heteroatoms. The first kappa shape index (κ1) is 19.1. The summed E-state index contributed by atoms with van der Waals surface area (Å²) in [4.78, 5) is 12.3. The smallest absolute Gasteiger partial charge is 0.136 e. The first-order valence-electron chi connectivity index (χ1n) is 10.7. The van der Waals surface area contributed by atoms with Gasteiger partial charge < -0.3 is 4.74 Å². The predicted molar refractivity (Wildman–Crippen MR) is 103 cm³/mol. The number of carbonyl (C=O) groups is 1. The molecule has 0 saturated heterocycles. The van der Waals surface area contributed by atoms with E-state index in [9.17, 15) is 4.79 Å². The Morgan fingerprint density at radius 3 is 2.60 bits per heavy atom. The van der Waals surface area contributed by atoms with Gasteiger partial charge >= 0.3 is 0 Å². The van der Waals surface area contributed by atoms with Gasteiger partial charge in [-0.15, -0.1) is 0 Å². The van der Waals surface area contributed by atoms with Crippen LogP contribution in [0.1, 0.15) is 85.0 Å². The maximum Gasteiger partial charge on any atom is 0.136 e. The average molecular weight is 347 g/mol. The molecule has 0 bridgehead atoms. The lowest BCUT2D eigenvalue weighted by atomic mass is 9.62. The lowest BCUT2D eigenvalue weighted by Gasteiger charge is -2.42. The molecule has 3 aliphatic rings. The van der Waals surface area contributed by atoms with E-state index in [0.29, 0.717) is 35.6 Å². The molecule has 3 rings (SSSR count). The lowest BCUT2D eigenvalue weighted by molar-refractivity contribution is -0.130. The lowest BCUT2D eigenvalue weighted by Crippen LogP contribution is -2.40. The molecule has 0 aliphatic heterocycles. The second-order valence-corrected chi connectivity index (χ2v) is 9.78. The SMILES string of the molecule is C=C(COC[C@@H](C)[C@H]1CC[C@H]2C(=O)CCC[C@]12C)C1(C)CCCCC1. The van der Waals surface area contributed by atoms with Gasteiger partial charge in [-0.1, -0.05) is 46.6 Å². The maximum absolute atomic E-state index is 12.3. The minimum absolute atomic E-state index is 0.227. The summed E-state index contributed by atoms with van der Waals surface area (Å²) in [6.07, 6.45) is 12.0. The molecule has 0 aromatic heterocycles. The van der Waals surface area contributed by atoms with E-state index in [0.717, 1.165) is 25.9 Å². The summed E-state index contributed by atoms with van der Waals surface area (Å²) in [5.41, 5.74) is 1.81. The minimum atomic E-state index is 0.227. The van der Waals surface area contributed by atoms with E-state index < -0.39 is 0 Å². The molecule has 0 N–H and O–H groups in total.